The van der Waals surface area contributed by atoms with E-state index in [0.717, 1.165) is 5.56 Å². The van der Waals surface area contributed by atoms with Crippen molar-refractivity contribution in [2.24, 2.45) is 15.7 Å². The van der Waals surface area contributed by atoms with Crippen LogP contribution in [-0.4, -0.2) is 45.7 Å². The number of carbonyl (C=O) groups excluding carboxylic acids is 1. The van der Waals surface area contributed by atoms with E-state index in [0.29, 0.717) is 41.6 Å². The second-order valence-electron chi connectivity index (χ2n) is 6.18. The monoisotopic (exact) mass is 338 g/mol. The van der Waals surface area contributed by atoms with E-state index in [1.54, 1.807) is 30.0 Å². The largest absolute Gasteiger partial charge is 0.508 e. The molecular weight excluding hydrogens is 320 g/mol. The summed E-state index contributed by atoms with van der Waals surface area (Å²) in [5.41, 5.74) is 14.9. The number of nitrogens with two attached hydrogens (primary N) is 2. The molecule has 2 aliphatic rings. The average molecular weight is 338 g/mol. The molecule has 2 aliphatic heterocycles. The Labute approximate surface area is 144 Å². The van der Waals surface area contributed by atoms with Crippen LogP contribution in [0.5, 0.6) is 5.75 Å². The first kappa shape index (κ1) is 15.3. The van der Waals surface area contributed by atoms with Crippen molar-refractivity contribution in [3.8, 4) is 11.4 Å². The molecule has 0 saturated heterocycles. The van der Waals surface area contributed by atoms with Gasteiger partial charge in [-0.1, -0.05) is 6.07 Å². The number of benzene rings is 1. The van der Waals surface area contributed by atoms with Crippen molar-refractivity contribution in [1.29, 1.82) is 0 Å². The number of amides is 1. The van der Waals surface area contributed by atoms with Gasteiger partial charge in [0.15, 0.2) is 5.82 Å². The van der Waals surface area contributed by atoms with E-state index in [1.807, 2.05) is 11.8 Å². The second-order valence-corrected chi connectivity index (χ2v) is 6.18. The maximum Gasteiger partial charge on any atom is 0.253 e. The second kappa shape index (κ2) is 5.10. The van der Waals surface area contributed by atoms with E-state index in [4.69, 9.17) is 11.5 Å². The molecule has 8 nitrogen and oxygen atoms in total. The fourth-order valence-corrected chi connectivity index (χ4v) is 3.48. The molecule has 25 heavy (non-hydrogen) atoms. The minimum Gasteiger partial charge on any atom is -0.508 e. The van der Waals surface area contributed by atoms with Gasteiger partial charge in [-0.15, -0.1) is 0 Å². The SMILES string of the molecule is Cc1ccc(O)c(C)c1-n1c(N)c(C(N)=O)c2c1N=CN1CCN=C21. The Bertz CT molecular complexity index is 986. The number of hydrogen-bond donors (Lipinski definition) is 3. The minimum atomic E-state index is -0.630. The fraction of sp³-hybridized carbons (Fsp3) is 0.235. The lowest BCUT2D eigenvalue weighted by Gasteiger charge is -2.21. The van der Waals surface area contributed by atoms with Gasteiger partial charge in [-0.25, -0.2) is 4.99 Å². The molecule has 0 fully saturated rings. The lowest BCUT2D eigenvalue weighted by Crippen LogP contribution is -2.31. The molecule has 0 spiro atoms. The summed E-state index contributed by atoms with van der Waals surface area (Å²) in [5, 5.41) is 10.1. The first-order valence-corrected chi connectivity index (χ1v) is 7.91. The number of phenolic OH excluding ortho intramolecular Hbond substituents is 1. The van der Waals surface area contributed by atoms with E-state index in [9.17, 15) is 9.90 Å². The Morgan fingerprint density at radius 3 is 2.80 bits per heavy atom. The smallest absolute Gasteiger partial charge is 0.253 e. The molecular formula is C17H18N6O2. The number of carbonyl (C=O) groups is 1. The van der Waals surface area contributed by atoms with Gasteiger partial charge in [-0.2, -0.15) is 0 Å². The van der Waals surface area contributed by atoms with Gasteiger partial charge in [0.05, 0.1) is 29.7 Å². The van der Waals surface area contributed by atoms with Gasteiger partial charge >= 0.3 is 0 Å². The molecule has 0 saturated carbocycles. The predicted octanol–water partition coefficient (Wildman–Crippen LogP) is 1.22. The number of nitrogen functional groups attached to an aromatic ring is 1. The highest BCUT2D eigenvalue weighted by molar-refractivity contribution is 6.19. The highest BCUT2D eigenvalue weighted by Crippen LogP contribution is 2.41. The van der Waals surface area contributed by atoms with Crippen LogP contribution >= 0.6 is 0 Å². The third kappa shape index (κ3) is 1.97. The van der Waals surface area contributed by atoms with Crippen molar-refractivity contribution in [1.82, 2.24) is 9.47 Å². The molecule has 1 aromatic heterocycles. The van der Waals surface area contributed by atoms with E-state index in [1.165, 1.54) is 0 Å². The summed E-state index contributed by atoms with van der Waals surface area (Å²) < 4.78 is 1.68. The number of primary amides is 1. The van der Waals surface area contributed by atoms with Crippen LogP contribution in [0.15, 0.2) is 22.1 Å². The summed E-state index contributed by atoms with van der Waals surface area (Å²) in [6, 6.07) is 3.42. The summed E-state index contributed by atoms with van der Waals surface area (Å²) in [5.74, 6) is 0.861. The van der Waals surface area contributed by atoms with Gasteiger partial charge in [0.2, 0.25) is 0 Å². The summed E-state index contributed by atoms with van der Waals surface area (Å²) in [6.07, 6.45) is 1.68. The molecule has 128 valence electrons. The van der Waals surface area contributed by atoms with E-state index >= 15 is 0 Å². The summed E-state index contributed by atoms with van der Waals surface area (Å²) in [4.78, 5) is 23.0. The Morgan fingerprint density at radius 2 is 2.08 bits per heavy atom. The summed E-state index contributed by atoms with van der Waals surface area (Å²) in [6.45, 7) is 5.02. The zero-order valence-corrected chi connectivity index (χ0v) is 13.9. The zero-order chi connectivity index (χ0) is 17.9. The average Bonchev–Trinajstić information content (AvgIpc) is 3.14. The highest BCUT2D eigenvalue weighted by Gasteiger charge is 2.35. The number of phenols is 1. The van der Waals surface area contributed by atoms with Crippen molar-refractivity contribution in [2.75, 3.05) is 18.8 Å². The van der Waals surface area contributed by atoms with Crippen LogP contribution in [-0.2, 0) is 0 Å². The fourth-order valence-electron chi connectivity index (χ4n) is 3.48. The maximum atomic E-state index is 12.1. The molecule has 3 heterocycles. The van der Waals surface area contributed by atoms with Gasteiger partial charge in [0.1, 0.15) is 17.4 Å². The molecule has 0 radical (unpaired) electrons. The quantitative estimate of drug-likeness (QED) is 0.762. The Kier molecular flexibility index (Phi) is 3.11. The number of anilines is 1. The predicted molar refractivity (Wildman–Crippen MR) is 96.1 cm³/mol. The lowest BCUT2D eigenvalue weighted by atomic mass is 10.1. The van der Waals surface area contributed by atoms with Crippen LogP contribution in [0.3, 0.4) is 0 Å². The van der Waals surface area contributed by atoms with Crippen LogP contribution in [0, 0.1) is 13.8 Å². The van der Waals surface area contributed by atoms with E-state index < -0.39 is 5.91 Å². The molecule has 5 N–H and O–H groups in total. The number of amidine groups is 1. The first-order valence-electron chi connectivity index (χ1n) is 7.91. The molecule has 1 aromatic carbocycles. The van der Waals surface area contributed by atoms with Gasteiger partial charge in [-0.05, 0) is 25.5 Å². The summed E-state index contributed by atoms with van der Waals surface area (Å²) in [7, 11) is 0. The number of hydrogen-bond acceptors (Lipinski definition) is 6. The topological polar surface area (TPSA) is 122 Å². The van der Waals surface area contributed by atoms with Gasteiger partial charge in [0.25, 0.3) is 5.91 Å². The van der Waals surface area contributed by atoms with Crippen molar-refractivity contribution >= 4 is 29.7 Å². The minimum absolute atomic E-state index is 0.141. The Balaban J connectivity index is 2.12. The highest BCUT2D eigenvalue weighted by atomic mass is 16.3. The maximum absolute atomic E-state index is 12.1. The van der Waals surface area contributed by atoms with Crippen LogP contribution < -0.4 is 11.5 Å². The molecule has 0 aliphatic carbocycles. The third-order valence-electron chi connectivity index (χ3n) is 4.67. The molecule has 8 heteroatoms. The van der Waals surface area contributed by atoms with Crippen LogP contribution in [0.4, 0.5) is 11.6 Å². The Hall–Kier alpha value is -3.29. The molecule has 1 amide bonds. The van der Waals surface area contributed by atoms with Crippen molar-refractivity contribution in [2.45, 2.75) is 13.8 Å². The van der Waals surface area contributed by atoms with Gasteiger partial charge < -0.3 is 21.5 Å². The number of aromatic hydroxyl groups is 1. The third-order valence-corrected chi connectivity index (χ3v) is 4.67. The zero-order valence-electron chi connectivity index (χ0n) is 13.9. The normalized spacial score (nSPS) is 15.1. The standard InChI is InChI=1S/C17H18N6O2/c1-8-3-4-10(24)9(2)13(8)23-14(18)11(15(19)25)12-16-20-5-6-22(16)7-21-17(12)23/h3-4,7,24H,5-6,18H2,1-2H3,(H2,19,25). The number of aromatic nitrogens is 1. The van der Waals surface area contributed by atoms with Crippen molar-refractivity contribution < 1.29 is 9.90 Å². The molecule has 0 unspecified atom stereocenters. The van der Waals surface area contributed by atoms with Crippen LogP contribution in [0.2, 0.25) is 0 Å². The first-order chi connectivity index (χ1) is 11.9. The van der Waals surface area contributed by atoms with Crippen LogP contribution in [0.1, 0.15) is 27.0 Å². The summed E-state index contributed by atoms with van der Waals surface area (Å²) >= 11 is 0. The number of aryl methyl sites for hydroxylation is 1. The van der Waals surface area contributed by atoms with E-state index in [2.05, 4.69) is 9.98 Å². The van der Waals surface area contributed by atoms with Gasteiger partial charge in [-0.3, -0.25) is 14.4 Å². The van der Waals surface area contributed by atoms with Crippen LogP contribution in [0.25, 0.3) is 5.69 Å². The number of aliphatic imine (C=N–C) groups is 2. The molecule has 4 rings (SSSR count). The Morgan fingerprint density at radius 1 is 1.32 bits per heavy atom. The number of nitrogens with zero attached hydrogens (tertiary/aromatic N) is 4. The number of rotatable bonds is 2. The molecule has 0 bridgehead atoms. The van der Waals surface area contributed by atoms with E-state index in [-0.39, 0.29) is 17.1 Å². The van der Waals surface area contributed by atoms with Gasteiger partial charge in [0, 0.05) is 12.1 Å². The van der Waals surface area contributed by atoms with Crippen molar-refractivity contribution in [3.63, 3.8) is 0 Å². The van der Waals surface area contributed by atoms with Crippen molar-refractivity contribution in [3.05, 3.63) is 34.4 Å². The molecule has 2 aromatic rings. The number of fused-ring (bicyclic) bond motifs is 3. The molecule has 0 atom stereocenters. The lowest BCUT2D eigenvalue weighted by molar-refractivity contribution is 0.100.